The summed E-state index contributed by atoms with van der Waals surface area (Å²) >= 11 is 9.07. The zero-order chi connectivity index (χ0) is 22.7. The molecule has 1 atom stereocenters. The minimum absolute atomic E-state index is 0.0392. The van der Waals surface area contributed by atoms with Crippen molar-refractivity contribution < 1.29 is 4.74 Å². The van der Waals surface area contributed by atoms with Gasteiger partial charge in [0.25, 0.3) is 0 Å². The molecular weight excluding hydrogens is 533 g/mol. The monoisotopic (exact) mass is 557 g/mol. The molecule has 0 bridgehead atoms. The van der Waals surface area contributed by atoms with Crippen molar-refractivity contribution in [1.29, 1.82) is 0 Å². The Kier molecular flexibility index (Phi) is 7.16. The number of ether oxygens (including phenoxy) is 1. The fraction of sp³-hybridized carbons (Fsp3) is 0.231. The molecule has 2 aromatic carbocycles. The van der Waals surface area contributed by atoms with Gasteiger partial charge < -0.3 is 4.74 Å². The van der Waals surface area contributed by atoms with E-state index in [1.165, 1.54) is 3.57 Å². The first-order valence-electron chi connectivity index (χ1n) is 10.7. The second kappa shape index (κ2) is 10.0. The molecule has 0 aliphatic carbocycles. The van der Waals surface area contributed by atoms with Crippen molar-refractivity contribution in [3.05, 3.63) is 92.3 Å². The quantitative estimate of drug-likeness (QED) is 0.179. The van der Waals surface area contributed by atoms with E-state index in [-0.39, 0.29) is 6.04 Å². The minimum Gasteiger partial charge on any atom is -0.494 e. The predicted octanol–water partition coefficient (Wildman–Crippen LogP) is 7.52. The van der Waals surface area contributed by atoms with Crippen LogP contribution in [-0.2, 0) is 0 Å². The summed E-state index contributed by atoms with van der Waals surface area (Å²) in [6, 6.07) is 16.5. The van der Waals surface area contributed by atoms with E-state index in [1.54, 1.807) is 0 Å². The molecule has 2 heterocycles. The van der Waals surface area contributed by atoms with Gasteiger partial charge in [-0.25, -0.2) is 4.98 Å². The molecule has 1 aliphatic rings. The molecule has 1 unspecified atom stereocenters. The molecule has 1 aromatic heterocycles. The van der Waals surface area contributed by atoms with Crippen LogP contribution >= 0.6 is 34.2 Å². The molecule has 0 saturated heterocycles. The van der Waals surface area contributed by atoms with Crippen LogP contribution in [0.2, 0.25) is 5.15 Å². The largest absolute Gasteiger partial charge is 0.494 e. The van der Waals surface area contributed by atoms with Gasteiger partial charge in [-0.1, -0.05) is 35.9 Å². The summed E-state index contributed by atoms with van der Waals surface area (Å²) in [5.41, 5.74) is 4.99. The van der Waals surface area contributed by atoms with Crippen LogP contribution in [0.3, 0.4) is 0 Å². The summed E-state index contributed by atoms with van der Waals surface area (Å²) < 4.78 is 6.82. The van der Waals surface area contributed by atoms with Crippen LogP contribution in [0.25, 0.3) is 10.9 Å². The fourth-order valence-corrected chi connectivity index (χ4v) is 4.54. The van der Waals surface area contributed by atoms with E-state index in [9.17, 15) is 0 Å². The van der Waals surface area contributed by atoms with E-state index in [0.717, 1.165) is 45.6 Å². The molecule has 4 rings (SSSR count). The average Bonchev–Trinajstić information content (AvgIpc) is 3.22. The number of hydrogen-bond donors (Lipinski definition) is 0. The number of halogens is 2. The van der Waals surface area contributed by atoms with Gasteiger partial charge in [-0.3, -0.25) is 5.01 Å². The number of rotatable bonds is 6. The number of benzene rings is 2. The van der Waals surface area contributed by atoms with Crippen LogP contribution in [0.5, 0.6) is 5.75 Å². The third-order valence-electron chi connectivity index (χ3n) is 5.43. The third-order valence-corrected chi connectivity index (χ3v) is 6.45. The number of hydrogen-bond acceptors (Lipinski definition) is 4. The van der Waals surface area contributed by atoms with Crippen LogP contribution < -0.4 is 4.74 Å². The normalized spacial score (nSPS) is 16.8. The fourth-order valence-electron chi connectivity index (χ4n) is 3.91. The van der Waals surface area contributed by atoms with E-state index in [0.29, 0.717) is 11.8 Å². The van der Waals surface area contributed by atoms with Crippen molar-refractivity contribution in [3.63, 3.8) is 0 Å². The van der Waals surface area contributed by atoms with Crippen LogP contribution in [0.15, 0.2) is 77.6 Å². The maximum Gasteiger partial charge on any atom is 0.135 e. The van der Waals surface area contributed by atoms with E-state index in [1.807, 2.05) is 45.0 Å². The number of fused-ring (bicyclic) bond motifs is 1. The molecule has 32 heavy (non-hydrogen) atoms. The van der Waals surface area contributed by atoms with E-state index >= 15 is 0 Å². The molecular formula is C26H25ClIN3O. The second-order valence-corrected chi connectivity index (χ2v) is 9.09. The van der Waals surface area contributed by atoms with Crippen molar-refractivity contribution in [2.45, 2.75) is 33.2 Å². The van der Waals surface area contributed by atoms with Crippen molar-refractivity contribution >= 4 is 50.8 Å². The van der Waals surface area contributed by atoms with E-state index < -0.39 is 0 Å². The van der Waals surface area contributed by atoms with Crippen molar-refractivity contribution in [1.82, 2.24) is 9.99 Å². The number of hydrazone groups is 1. The van der Waals surface area contributed by atoms with Gasteiger partial charge >= 0.3 is 0 Å². The molecule has 0 fully saturated rings. The molecule has 0 radical (unpaired) electrons. The summed E-state index contributed by atoms with van der Waals surface area (Å²) in [5.74, 6) is 0.799. The molecule has 0 saturated carbocycles. The smallest absolute Gasteiger partial charge is 0.135 e. The van der Waals surface area contributed by atoms with Gasteiger partial charge in [-0.05, 0) is 85.3 Å². The molecule has 1 aliphatic heterocycles. The first-order chi connectivity index (χ1) is 15.5. The second-order valence-electron chi connectivity index (χ2n) is 7.49. The molecule has 164 valence electrons. The summed E-state index contributed by atoms with van der Waals surface area (Å²) in [4.78, 5) is 4.71. The molecule has 4 nitrogen and oxygen atoms in total. The highest BCUT2D eigenvalue weighted by molar-refractivity contribution is 14.1. The van der Waals surface area contributed by atoms with E-state index in [4.69, 9.17) is 26.4 Å². The van der Waals surface area contributed by atoms with Crippen molar-refractivity contribution in [3.8, 4) is 5.75 Å². The minimum atomic E-state index is -0.0392. The number of pyridine rings is 1. The zero-order valence-electron chi connectivity index (χ0n) is 18.3. The Balaban J connectivity index is 1.77. The van der Waals surface area contributed by atoms with Crippen LogP contribution in [-0.4, -0.2) is 22.3 Å². The Morgan fingerprint density at radius 2 is 1.97 bits per heavy atom. The summed E-state index contributed by atoms with van der Waals surface area (Å²) in [6.07, 6.45) is 6.92. The molecule has 0 spiro atoms. The maximum atomic E-state index is 6.75. The third kappa shape index (κ3) is 4.69. The standard InChI is InChI=1S/C26H25ClIN3O/c1-4-7-20(5-2)31-25(16-24(30-31)17-8-11-19(28)12-9-17)22-14-18-10-13-21(32-6-3)15-23(18)29-26(22)27/h4-5,7-15,25H,6,16H2,1-3H3/b7-4-,20-5+. The number of nitrogens with zero attached hydrogens (tertiary/aromatic N) is 3. The van der Waals surface area contributed by atoms with Crippen LogP contribution in [0.1, 0.15) is 44.4 Å². The van der Waals surface area contributed by atoms with Gasteiger partial charge in [-0.2, -0.15) is 5.10 Å². The summed E-state index contributed by atoms with van der Waals surface area (Å²) in [7, 11) is 0. The van der Waals surface area contributed by atoms with Crippen molar-refractivity contribution in [2.75, 3.05) is 6.61 Å². The summed E-state index contributed by atoms with van der Waals surface area (Å²) in [6.45, 7) is 6.63. The number of allylic oxidation sites excluding steroid dienone is 3. The average molecular weight is 558 g/mol. The Bertz CT molecular complexity index is 1220. The lowest BCUT2D eigenvalue weighted by Gasteiger charge is -2.25. The first-order valence-corrected chi connectivity index (χ1v) is 12.1. The highest BCUT2D eigenvalue weighted by Gasteiger charge is 2.32. The lowest BCUT2D eigenvalue weighted by atomic mass is 9.98. The van der Waals surface area contributed by atoms with Gasteiger partial charge in [0.05, 0.1) is 29.6 Å². The topological polar surface area (TPSA) is 37.7 Å². The molecule has 3 aromatic rings. The molecule has 0 amide bonds. The van der Waals surface area contributed by atoms with Gasteiger partial charge in [-0.15, -0.1) is 0 Å². The van der Waals surface area contributed by atoms with Crippen LogP contribution in [0.4, 0.5) is 0 Å². The predicted molar refractivity (Wildman–Crippen MR) is 141 cm³/mol. The lowest BCUT2D eigenvalue weighted by Crippen LogP contribution is -2.18. The van der Waals surface area contributed by atoms with Crippen molar-refractivity contribution in [2.24, 2.45) is 5.10 Å². The van der Waals surface area contributed by atoms with Gasteiger partial charge in [0.2, 0.25) is 0 Å². The molecule has 6 heteroatoms. The van der Waals surface area contributed by atoms with Gasteiger partial charge in [0, 0.05) is 27.0 Å². The highest BCUT2D eigenvalue weighted by atomic mass is 127. The first kappa shape index (κ1) is 22.8. The van der Waals surface area contributed by atoms with Crippen LogP contribution in [0, 0.1) is 3.57 Å². The highest BCUT2D eigenvalue weighted by Crippen LogP contribution is 2.39. The maximum absolute atomic E-state index is 6.75. The zero-order valence-corrected chi connectivity index (χ0v) is 21.3. The number of aromatic nitrogens is 1. The Morgan fingerprint density at radius 1 is 1.19 bits per heavy atom. The Hall–Kier alpha value is -2.38. The Labute approximate surface area is 207 Å². The Morgan fingerprint density at radius 3 is 2.66 bits per heavy atom. The summed E-state index contributed by atoms with van der Waals surface area (Å²) in [5, 5.41) is 8.61. The lowest BCUT2D eigenvalue weighted by molar-refractivity contribution is 0.308. The molecule has 0 N–H and O–H groups in total. The van der Waals surface area contributed by atoms with E-state index in [2.05, 4.69) is 70.1 Å². The SMILES string of the molecule is C/C=C\C(=C/C)N1N=C(c2ccc(I)cc2)CC1c1cc2ccc(OCC)cc2nc1Cl. The van der Waals surface area contributed by atoms with Gasteiger partial charge in [0.15, 0.2) is 0 Å². The van der Waals surface area contributed by atoms with Gasteiger partial charge in [0.1, 0.15) is 10.9 Å².